The van der Waals surface area contributed by atoms with Crippen molar-refractivity contribution in [2.45, 2.75) is 19.4 Å². The summed E-state index contributed by atoms with van der Waals surface area (Å²) >= 11 is 0. The van der Waals surface area contributed by atoms with E-state index in [0.29, 0.717) is 5.92 Å². The second kappa shape index (κ2) is 9.29. The van der Waals surface area contributed by atoms with Gasteiger partial charge in [0.2, 0.25) is 5.91 Å². The maximum atomic E-state index is 11.0. The first-order valence-electron chi connectivity index (χ1n) is 9.90. The number of fused-ring (bicyclic) bond motifs is 1. The maximum absolute atomic E-state index is 11.0. The molecular weight excluding hydrogens is 382 g/mol. The van der Waals surface area contributed by atoms with Gasteiger partial charge < -0.3 is 10.3 Å². The summed E-state index contributed by atoms with van der Waals surface area (Å²) in [4.78, 5) is 13.6. The fourth-order valence-corrected chi connectivity index (χ4v) is 4.31. The van der Waals surface area contributed by atoms with Gasteiger partial charge in [-0.1, -0.05) is 36.4 Å². The fraction of sp³-hybridized carbons (Fsp3) is 0.292. The van der Waals surface area contributed by atoms with E-state index < -0.39 is 5.91 Å². The third kappa shape index (κ3) is 5.08. The number of primary amides is 1. The third-order valence-electron chi connectivity index (χ3n) is 5.66. The van der Waals surface area contributed by atoms with Crippen LogP contribution in [0.3, 0.4) is 0 Å². The van der Waals surface area contributed by atoms with Crippen molar-refractivity contribution >= 4 is 35.3 Å². The molecule has 1 aromatic heterocycles. The molecule has 4 nitrogen and oxygen atoms in total. The summed E-state index contributed by atoms with van der Waals surface area (Å²) in [6.45, 7) is 3.35. The molecule has 2 N–H and O–H groups in total. The van der Waals surface area contributed by atoms with Crippen LogP contribution in [0, 0.1) is 5.92 Å². The Morgan fingerprint density at radius 1 is 1.21 bits per heavy atom. The number of likely N-dealkylation sites (tertiary alicyclic amines) is 1. The number of rotatable bonds is 6. The number of nitrogens with two attached hydrogens (primary N) is 1. The highest BCUT2D eigenvalue weighted by molar-refractivity contribution is 5.92. The molecule has 0 bridgehead atoms. The van der Waals surface area contributed by atoms with Gasteiger partial charge >= 0.3 is 0 Å². The second-order valence-corrected chi connectivity index (χ2v) is 7.86. The number of amides is 1. The van der Waals surface area contributed by atoms with E-state index >= 15 is 0 Å². The third-order valence-corrected chi connectivity index (χ3v) is 5.66. The highest BCUT2D eigenvalue weighted by Gasteiger charge is 2.23. The van der Waals surface area contributed by atoms with Crippen LogP contribution in [0.4, 0.5) is 0 Å². The molecule has 1 aliphatic heterocycles. The molecule has 1 amide bonds. The summed E-state index contributed by atoms with van der Waals surface area (Å²) in [6, 6.07) is 17.0. The van der Waals surface area contributed by atoms with Crippen LogP contribution in [0.15, 0.2) is 60.8 Å². The molecule has 2 aromatic carbocycles. The Kier molecular flexibility index (Phi) is 6.78. The van der Waals surface area contributed by atoms with E-state index in [1.807, 2.05) is 6.07 Å². The number of carbonyl (C=O) groups is 1. The van der Waals surface area contributed by atoms with Crippen LogP contribution in [-0.2, 0) is 24.8 Å². The lowest BCUT2D eigenvalue weighted by Crippen LogP contribution is -2.20. The minimum absolute atomic E-state index is 0. The van der Waals surface area contributed by atoms with Gasteiger partial charge in [0.1, 0.15) is 0 Å². The normalized spacial score (nSPS) is 17.1. The first-order chi connectivity index (χ1) is 13.6. The van der Waals surface area contributed by atoms with E-state index in [1.165, 1.54) is 34.5 Å². The van der Waals surface area contributed by atoms with Gasteiger partial charge in [-0.3, -0.25) is 9.69 Å². The molecule has 2 heterocycles. The lowest BCUT2D eigenvalue weighted by molar-refractivity contribution is -0.113. The predicted molar refractivity (Wildman–Crippen MR) is 122 cm³/mol. The van der Waals surface area contributed by atoms with Gasteiger partial charge in [-0.05, 0) is 60.2 Å². The molecule has 1 unspecified atom stereocenters. The SMILES string of the molecule is Cl.Cn1cc(CC2CCN(Cc3ccccc3)C2)c2cc(C=CC(N)=O)ccc21. The van der Waals surface area contributed by atoms with Crippen LogP contribution < -0.4 is 5.73 Å². The zero-order chi connectivity index (χ0) is 19.5. The number of benzene rings is 2. The van der Waals surface area contributed by atoms with Gasteiger partial charge in [-0.2, -0.15) is 0 Å². The number of aryl methyl sites for hydroxylation is 1. The largest absolute Gasteiger partial charge is 0.366 e. The lowest BCUT2D eigenvalue weighted by atomic mass is 9.97. The molecule has 1 aliphatic rings. The molecule has 3 aromatic rings. The standard InChI is InChI=1S/C24H27N3O.ClH/c1-26-17-21(22-14-18(7-9-23(22)26)8-10-24(25)28)13-20-11-12-27(16-20)15-19-5-3-2-4-6-19;/h2-10,14,17,20H,11-13,15-16H2,1H3,(H2,25,28);1H. The highest BCUT2D eigenvalue weighted by atomic mass is 35.5. The monoisotopic (exact) mass is 409 g/mol. The minimum Gasteiger partial charge on any atom is -0.366 e. The molecule has 4 rings (SSSR count). The quantitative estimate of drug-likeness (QED) is 0.621. The molecule has 0 radical (unpaired) electrons. The van der Waals surface area contributed by atoms with Crippen LogP contribution in [0.5, 0.6) is 0 Å². The van der Waals surface area contributed by atoms with E-state index in [4.69, 9.17) is 5.73 Å². The molecule has 0 spiro atoms. The van der Waals surface area contributed by atoms with Gasteiger partial charge in [0, 0.05) is 43.3 Å². The summed E-state index contributed by atoms with van der Waals surface area (Å²) in [5, 5.41) is 1.27. The fourth-order valence-electron chi connectivity index (χ4n) is 4.31. The molecule has 29 heavy (non-hydrogen) atoms. The van der Waals surface area contributed by atoms with Crippen molar-refractivity contribution in [2.75, 3.05) is 13.1 Å². The van der Waals surface area contributed by atoms with Crippen molar-refractivity contribution in [1.29, 1.82) is 0 Å². The zero-order valence-electron chi connectivity index (χ0n) is 16.8. The second-order valence-electron chi connectivity index (χ2n) is 7.86. The molecule has 1 fully saturated rings. The number of aromatic nitrogens is 1. The highest BCUT2D eigenvalue weighted by Crippen LogP contribution is 2.28. The Morgan fingerprint density at radius 2 is 2.00 bits per heavy atom. The Hall–Kier alpha value is -2.56. The molecule has 1 atom stereocenters. The minimum atomic E-state index is -0.419. The van der Waals surface area contributed by atoms with E-state index in [2.05, 4.69) is 65.2 Å². The number of carbonyl (C=O) groups excluding carboxylic acids is 1. The van der Waals surface area contributed by atoms with Crippen LogP contribution in [0.2, 0.25) is 0 Å². The predicted octanol–water partition coefficient (Wildman–Crippen LogP) is 4.16. The van der Waals surface area contributed by atoms with Crippen molar-refractivity contribution < 1.29 is 4.79 Å². The maximum Gasteiger partial charge on any atom is 0.241 e. The van der Waals surface area contributed by atoms with E-state index in [-0.39, 0.29) is 12.4 Å². The van der Waals surface area contributed by atoms with Crippen LogP contribution in [0.1, 0.15) is 23.1 Å². The molecule has 0 aliphatic carbocycles. The Bertz CT molecular complexity index is 1010. The summed E-state index contributed by atoms with van der Waals surface area (Å²) < 4.78 is 2.20. The zero-order valence-corrected chi connectivity index (χ0v) is 17.6. The van der Waals surface area contributed by atoms with Crippen molar-refractivity contribution in [2.24, 2.45) is 18.7 Å². The Balaban J connectivity index is 0.00000240. The number of hydrogen-bond acceptors (Lipinski definition) is 2. The molecule has 152 valence electrons. The average molecular weight is 410 g/mol. The smallest absolute Gasteiger partial charge is 0.241 e. The van der Waals surface area contributed by atoms with Gasteiger partial charge in [-0.15, -0.1) is 12.4 Å². The van der Waals surface area contributed by atoms with Crippen molar-refractivity contribution in [1.82, 2.24) is 9.47 Å². The van der Waals surface area contributed by atoms with Crippen LogP contribution in [0.25, 0.3) is 17.0 Å². The molecule has 0 saturated carbocycles. The summed E-state index contributed by atoms with van der Waals surface area (Å²) in [5.41, 5.74) is 10.2. The van der Waals surface area contributed by atoms with Crippen molar-refractivity contribution in [3.63, 3.8) is 0 Å². The molecule has 5 heteroatoms. The molecule has 1 saturated heterocycles. The Morgan fingerprint density at radius 3 is 2.76 bits per heavy atom. The van der Waals surface area contributed by atoms with Crippen LogP contribution >= 0.6 is 12.4 Å². The topological polar surface area (TPSA) is 51.3 Å². The van der Waals surface area contributed by atoms with Gasteiger partial charge in [-0.25, -0.2) is 0 Å². The van der Waals surface area contributed by atoms with E-state index in [9.17, 15) is 4.79 Å². The number of hydrogen-bond donors (Lipinski definition) is 1. The number of nitrogens with zero attached hydrogens (tertiary/aromatic N) is 2. The first kappa shape index (κ1) is 21.2. The summed E-state index contributed by atoms with van der Waals surface area (Å²) in [5.74, 6) is 0.261. The van der Waals surface area contributed by atoms with Crippen LogP contribution in [-0.4, -0.2) is 28.5 Å². The summed E-state index contributed by atoms with van der Waals surface area (Å²) in [7, 11) is 2.10. The molecular formula is C24H28ClN3O. The van der Waals surface area contributed by atoms with E-state index in [1.54, 1.807) is 6.08 Å². The average Bonchev–Trinajstić information content (AvgIpc) is 3.25. The van der Waals surface area contributed by atoms with Crippen molar-refractivity contribution in [3.05, 3.63) is 77.5 Å². The number of halogens is 1. The first-order valence-corrected chi connectivity index (χ1v) is 9.90. The van der Waals surface area contributed by atoms with Gasteiger partial charge in [0.25, 0.3) is 0 Å². The van der Waals surface area contributed by atoms with Gasteiger partial charge in [0.15, 0.2) is 0 Å². The van der Waals surface area contributed by atoms with Crippen molar-refractivity contribution in [3.8, 4) is 0 Å². The van der Waals surface area contributed by atoms with Gasteiger partial charge in [0.05, 0.1) is 0 Å². The van der Waals surface area contributed by atoms with E-state index in [0.717, 1.165) is 31.6 Å². The summed E-state index contributed by atoms with van der Waals surface area (Å²) in [6.07, 6.45) is 7.79. The Labute approximate surface area is 178 Å². The lowest BCUT2D eigenvalue weighted by Gasteiger charge is -2.16.